The zero-order valence-electron chi connectivity index (χ0n) is 18.7. The van der Waals surface area contributed by atoms with Crippen LogP contribution in [0, 0.1) is 0 Å². The molecule has 2 aliphatic rings. The summed E-state index contributed by atoms with van der Waals surface area (Å²) in [6.45, 7) is 1.93. The van der Waals surface area contributed by atoms with E-state index in [0.29, 0.717) is 31.9 Å². The lowest BCUT2D eigenvalue weighted by atomic mass is 10.2. The Kier molecular flexibility index (Phi) is 7.63. The van der Waals surface area contributed by atoms with Crippen molar-refractivity contribution in [2.24, 2.45) is 0 Å². The van der Waals surface area contributed by atoms with Crippen molar-refractivity contribution in [3.8, 4) is 0 Å². The third kappa shape index (κ3) is 5.31. The minimum atomic E-state index is -3.72. The standard InChI is InChI=1S/C23H28ClN3O5S2/c24-22-12-11-20(34(31,32)27-15-5-2-6-16-27)17-21(22)23(28)25-18-7-9-19(10-8-18)33(29,30)26-13-3-1-4-14-26/h7-12,17H,1-6,13-16H2,(H,25,28). The predicted molar refractivity (Wildman–Crippen MR) is 131 cm³/mol. The Bertz CT molecular complexity index is 1250. The summed E-state index contributed by atoms with van der Waals surface area (Å²) in [6.07, 6.45) is 5.34. The van der Waals surface area contributed by atoms with Crippen LogP contribution in [0.1, 0.15) is 48.9 Å². The molecule has 2 saturated heterocycles. The fourth-order valence-electron chi connectivity index (χ4n) is 4.26. The molecule has 8 nitrogen and oxygen atoms in total. The maximum atomic E-state index is 13.0. The Labute approximate surface area is 206 Å². The highest BCUT2D eigenvalue weighted by molar-refractivity contribution is 7.89. The van der Waals surface area contributed by atoms with Crippen molar-refractivity contribution in [1.29, 1.82) is 0 Å². The maximum absolute atomic E-state index is 13.0. The lowest BCUT2D eigenvalue weighted by Crippen LogP contribution is -2.35. The summed E-state index contributed by atoms with van der Waals surface area (Å²) in [5.41, 5.74) is 0.410. The zero-order chi connectivity index (χ0) is 24.3. The van der Waals surface area contributed by atoms with Gasteiger partial charge in [0.2, 0.25) is 20.0 Å². The van der Waals surface area contributed by atoms with Crippen LogP contribution in [0.25, 0.3) is 0 Å². The average molecular weight is 526 g/mol. The quantitative estimate of drug-likeness (QED) is 0.615. The van der Waals surface area contributed by atoms with Gasteiger partial charge >= 0.3 is 0 Å². The number of anilines is 1. The Morgan fingerprint density at radius 3 is 1.71 bits per heavy atom. The maximum Gasteiger partial charge on any atom is 0.257 e. The van der Waals surface area contributed by atoms with Crippen molar-refractivity contribution < 1.29 is 21.6 Å². The number of hydrogen-bond acceptors (Lipinski definition) is 5. The smallest absolute Gasteiger partial charge is 0.257 e. The summed E-state index contributed by atoms with van der Waals surface area (Å²) in [4.78, 5) is 13.1. The third-order valence-corrected chi connectivity index (χ3v) is 10.3. The summed E-state index contributed by atoms with van der Waals surface area (Å²) < 4.78 is 54.5. The summed E-state index contributed by atoms with van der Waals surface area (Å²) in [5, 5.41) is 2.80. The molecule has 11 heteroatoms. The Morgan fingerprint density at radius 1 is 0.706 bits per heavy atom. The van der Waals surface area contributed by atoms with Crippen LogP contribution >= 0.6 is 11.6 Å². The van der Waals surface area contributed by atoms with Crippen molar-refractivity contribution in [2.45, 2.75) is 48.3 Å². The number of rotatable bonds is 6. The minimum absolute atomic E-state index is 0.0203. The van der Waals surface area contributed by atoms with Crippen LogP contribution in [0.5, 0.6) is 0 Å². The molecule has 0 spiro atoms. The molecule has 0 radical (unpaired) electrons. The van der Waals surface area contributed by atoms with Crippen LogP contribution in [0.15, 0.2) is 52.3 Å². The third-order valence-electron chi connectivity index (χ3n) is 6.20. The van der Waals surface area contributed by atoms with Gasteiger partial charge in [-0.25, -0.2) is 16.8 Å². The van der Waals surface area contributed by atoms with E-state index in [2.05, 4.69) is 5.32 Å². The number of carbonyl (C=O) groups is 1. The van der Waals surface area contributed by atoms with Gasteiger partial charge in [0.25, 0.3) is 5.91 Å². The van der Waals surface area contributed by atoms with Gasteiger partial charge in [-0.1, -0.05) is 24.4 Å². The fourth-order valence-corrected chi connectivity index (χ4v) is 7.52. The van der Waals surface area contributed by atoms with E-state index in [1.165, 1.54) is 51.1 Å². The molecule has 2 aromatic carbocycles. The summed E-state index contributed by atoms with van der Waals surface area (Å²) in [6, 6.07) is 10.0. The number of nitrogens with one attached hydrogen (secondary N) is 1. The molecule has 4 rings (SSSR count). The molecule has 0 unspecified atom stereocenters. The first-order valence-corrected chi connectivity index (χ1v) is 14.7. The van der Waals surface area contributed by atoms with Gasteiger partial charge in [-0.05, 0) is 68.1 Å². The van der Waals surface area contributed by atoms with Crippen LogP contribution < -0.4 is 5.32 Å². The second kappa shape index (κ2) is 10.3. The van der Waals surface area contributed by atoms with E-state index < -0.39 is 26.0 Å². The summed E-state index contributed by atoms with van der Waals surface area (Å²) in [7, 11) is -7.29. The van der Waals surface area contributed by atoms with Gasteiger partial charge in [0.05, 0.1) is 20.4 Å². The van der Waals surface area contributed by atoms with Gasteiger partial charge < -0.3 is 5.32 Å². The lowest BCUT2D eigenvalue weighted by Gasteiger charge is -2.26. The first kappa shape index (κ1) is 25.1. The lowest BCUT2D eigenvalue weighted by molar-refractivity contribution is 0.102. The first-order valence-electron chi connectivity index (χ1n) is 11.4. The Hall–Kier alpha value is -1.98. The van der Waals surface area contributed by atoms with Gasteiger partial charge in [0.15, 0.2) is 0 Å². The molecule has 1 N–H and O–H groups in total. The van der Waals surface area contributed by atoms with Gasteiger partial charge in [-0.3, -0.25) is 4.79 Å². The number of benzene rings is 2. The molecule has 1 amide bonds. The number of amides is 1. The number of piperidine rings is 2. The fraction of sp³-hybridized carbons (Fsp3) is 0.435. The van der Waals surface area contributed by atoms with Crippen molar-refractivity contribution >= 4 is 43.2 Å². The largest absolute Gasteiger partial charge is 0.322 e. The van der Waals surface area contributed by atoms with Gasteiger partial charge in [0, 0.05) is 31.9 Å². The normalized spacial score (nSPS) is 18.5. The number of hydrogen-bond donors (Lipinski definition) is 1. The van der Waals surface area contributed by atoms with Gasteiger partial charge in [0.1, 0.15) is 0 Å². The molecule has 0 aromatic heterocycles. The van der Waals surface area contributed by atoms with Gasteiger partial charge in [-0.2, -0.15) is 8.61 Å². The highest BCUT2D eigenvalue weighted by Crippen LogP contribution is 2.27. The van der Waals surface area contributed by atoms with Crippen molar-refractivity contribution in [1.82, 2.24) is 8.61 Å². The topological polar surface area (TPSA) is 104 Å². The molecular formula is C23H28ClN3O5S2. The molecular weight excluding hydrogens is 498 g/mol. The second-order valence-corrected chi connectivity index (χ2v) is 12.8. The summed E-state index contributed by atoms with van der Waals surface area (Å²) >= 11 is 6.21. The molecule has 184 valence electrons. The van der Waals surface area contributed by atoms with E-state index >= 15 is 0 Å². The van der Waals surface area contributed by atoms with Crippen LogP contribution in [-0.4, -0.2) is 57.5 Å². The number of nitrogens with zero attached hydrogens (tertiary/aromatic N) is 2. The monoisotopic (exact) mass is 525 g/mol. The molecule has 0 aliphatic carbocycles. The highest BCUT2D eigenvalue weighted by atomic mass is 35.5. The molecule has 2 aliphatic heterocycles. The van der Waals surface area contributed by atoms with Crippen molar-refractivity contribution in [3.05, 3.63) is 53.1 Å². The van der Waals surface area contributed by atoms with E-state index in [0.717, 1.165) is 38.5 Å². The van der Waals surface area contributed by atoms with E-state index in [1.54, 1.807) is 0 Å². The first-order chi connectivity index (χ1) is 16.2. The second-order valence-electron chi connectivity index (χ2n) is 8.55. The highest BCUT2D eigenvalue weighted by Gasteiger charge is 2.28. The molecule has 0 bridgehead atoms. The van der Waals surface area contributed by atoms with Crippen molar-refractivity contribution in [3.63, 3.8) is 0 Å². The summed E-state index contributed by atoms with van der Waals surface area (Å²) in [5.74, 6) is -0.577. The predicted octanol–water partition coefficient (Wildman–Crippen LogP) is 3.94. The zero-order valence-corrected chi connectivity index (χ0v) is 21.1. The van der Waals surface area contributed by atoms with E-state index in [1.807, 2.05) is 0 Å². The molecule has 0 saturated carbocycles. The van der Waals surface area contributed by atoms with E-state index in [9.17, 15) is 21.6 Å². The van der Waals surface area contributed by atoms with E-state index in [4.69, 9.17) is 11.6 Å². The minimum Gasteiger partial charge on any atom is -0.322 e. The molecule has 2 heterocycles. The average Bonchev–Trinajstić information content (AvgIpc) is 2.85. The SMILES string of the molecule is O=C(Nc1ccc(S(=O)(=O)N2CCCCC2)cc1)c1cc(S(=O)(=O)N2CCCCC2)ccc1Cl. The molecule has 2 fully saturated rings. The molecule has 34 heavy (non-hydrogen) atoms. The Balaban J connectivity index is 1.51. The number of halogens is 1. The van der Waals surface area contributed by atoms with Crippen LogP contribution in [-0.2, 0) is 20.0 Å². The van der Waals surface area contributed by atoms with Crippen LogP contribution in [0.3, 0.4) is 0 Å². The number of carbonyl (C=O) groups excluding carboxylic acids is 1. The van der Waals surface area contributed by atoms with E-state index in [-0.39, 0.29) is 20.4 Å². The molecule has 0 atom stereocenters. The number of sulfonamides is 2. The Morgan fingerprint density at radius 2 is 1.18 bits per heavy atom. The molecule has 2 aromatic rings. The van der Waals surface area contributed by atoms with Crippen LogP contribution in [0.2, 0.25) is 5.02 Å². The van der Waals surface area contributed by atoms with Crippen LogP contribution in [0.4, 0.5) is 5.69 Å². The van der Waals surface area contributed by atoms with Crippen molar-refractivity contribution in [2.75, 3.05) is 31.5 Å². The van der Waals surface area contributed by atoms with Gasteiger partial charge in [-0.15, -0.1) is 0 Å².